The highest BCUT2D eigenvalue weighted by Gasteiger charge is 2.22. The lowest BCUT2D eigenvalue weighted by Gasteiger charge is -2.26. The molecule has 4 heteroatoms. The van der Waals surface area contributed by atoms with Gasteiger partial charge in [0.1, 0.15) is 11.6 Å². The Morgan fingerprint density at radius 1 is 1.12 bits per heavy atom. The summed E-state index contributed by atoms with van der Waals surface area (Å²) in [7, 11) is 0. The van der Waals surface area contributed by atoms with Gasteiger partial charge < -0.3 is 10.5 Å². The predicted octanol–water partition coefficient (Wildman–Crippen LogP) is 6.07. The molecule has 0 amide bonds. The molecule has 2 aliphatic carbocycles. The van der Waals surface area contributed by atoms with Gasteiger partial charge in [0.25, 0.3) is 0 Å². The third kappa shape index (κ3) is 3.64. The maximum absolute atomic E-state index is 13.9. The van der Waals surface area contributed by atoms with Crippen LogP contribution in [-0.2, 0) is 5.75 Å². The Morgan fingerprint density at radius 3 is 2.62 bits per heavy atom. The molecule has 24 heavy (non-hydrogen) atoms. The first kappa shape index (κ1) is 17.0. The second-order valence-electron chi connectivity index (χ2n) is 6.15. The van der Waals surface area contributed by atoms with Crippen LogP contribution < -0.4 is 0 Å². The number of halogens is 1. The molecule has 1 fully saturated rings. The highest BCUT2D eigenvalue weighted by Crippen LogP contribution is 2.41. The maximum atomic E-state index is 13.9. The van der Waals surface area contributed by atoms with Crippen molar-refractivity contribution in [1.82, 2.24) is 0 Å². The van der Waals surface area contributed by atoms with Crippen LogP contribution in [0.1, 0.15) is 44.1 Å². The standard InChI is InChI=1S/C20H22FNOS/c21-18-9-4-1-6-14(18)13-24-20-11-5-10-19(23)17(12-22)15-7-2-3-8-16(15)20/h1,4,6,9-10,12,22-23H,2-3,5,7-8,11,13H2/b17-15-,19-10+,20-16+,22-12?. The Kier molecular flexibility index (Phi) is 5.56. The first-order chi connectivity index (χ1) is 11.7. The molecule has 0 unspecified atom stereocenters. The van der Waals surface area contributed by atoms with Crippen molar-refractivity contribution in [3.63, 3.8) is 0 Å². The average molecular weight is 343 g/mol. The number of benzene rings is 1. The highest BCUT2D eigenvalue weighted by molar-refractivity contribution is 8.02. The van der Waals surface area contributed by atoms with Crippen LogP contribution >= 0.6 is 11.8 Å². The molecule has 0 heterocycles. The zero-order valence-electron chi connectivity index (χ0n) is 13.6. The SMILES string of the molecule is N=CC1=C2\CCCC\C2=C(/SCc2ccccc2F)CC/C=C\1O. The summed E-state index contributed by atoms with van der Waals surface area (Å²) in [4.78, 5) is 1.29. The van der Waals surface area contributed by atoms with Crippen molar-refractivity contribution in [2.75, 3.05) is 0 Å². The number of aliphatic hydroxyl groups is 1. The van der Waals surface area contributed by atoms with Crippen LogP contribution in [0.4, 0.5) is 4.39 Å². The molecule has 1 aromatic carbocycles. The van der Waals surface area contributed by atoms with E-state index in [1.165, 1.54) is 22.8 Å². The van der Waals surface area contributed by atoms with E-state index in [4.69, 9.17) is 5.41 Å². The molecule has 1 aromatic rings. The minimum absolute atomic E-state index is 0.154. The molecule has 0 bridgehead atoms. The van der Waals surface area contributed by atoms with E-state index in [1.807, 2.05) is 18.2 Å². The van der Waals surface area contributed by atoms with E-state index in [1.54, 1.807) is 17.8 Å². The number of thioether (sulfide) groups is 1. The number of nitrogens with one attached hydrogen (secondary N) is 1. The Morgan fingerprint density at radius 2 is 1.88 bits per heavy atom. The summed E-state index contributed by atoms with van der Waals surface area (Å²) in [6, 6.07) is 6.93. The minimum atomic E-state index is -0.154. The summed E-state index contributed by atoms with van der Waals surface area (Å²) in [6.45, 7) is 0. The van der Waals surface area contributed by atoms with Gasteiger partial charge in [-0.2, -0.15) is 0 Å². The molecule has 0 aromatic heterocycles. The van der Waals surface area contributed by atoms with Crippen molar-refractivity contribution in [1.29, 1.82) is 5.41 Å². The first-order valence-electron chi connectivity index (χ1n) is 8.42. The van der Waals surface area contributed by atoms with Gasteiger partial charge in [-0.3, -0.25) is 0 Å². The summed E-state index contributed by atoms with van der Waals surface area (Å²) in [6.07, 6.45) is 8.82. The summed E-state index contributed by atoms with van der Waals surface area (Å²) in [5.41, 5.74) is 3.78. The van der Waals surface area contributed by atoms with Crippen LogP contribution in [0.5, 0.6) is 0 Å². The smallest absolute Gasteiger partial charge is 0.127 e. The number of hydrogen-bond donors (Lipinski definition) is 2. The molecular formula is C20H22FNOS. The lowest BCUT2D eigenvalue weighted by atomic mass is 9.84. The van der Waals surface area contributed by atoms with Gasteiger partial charge in [-0.25, -0.2) is 4.39 Å². The van der Waals surface area contributed by atoms with E-state index in [-0.39, 0.29) is 11.6 Å². The predicted molar refractivity (Wildman–Crippen MR) is 98.9 cm³/mol. The van der Waals surface area contributed by atoms with Crippen LogP contribution in [0.2, 0.25) is 0 Å². The van der Waals surface area contributed by atoms with Crippen molar-refractivity contribution in [2.24, 2.45) is 0 Å². The third-order valence-corrected chi connectivity index (χ3v) is 5.87. The molecule has 0 radical (unpaired) electrons. The maximum Gasteiger partial charge on any atom is 0.127 e. The topological polar surface area (TPSA) is 44.1 Å². The first-order valence-corrected chi connectivity index (χ1v) is 9.41. The second kappa shape index (κ2) is 7.84. The van der Waals surface area contributed by atoms with Crippen molar-refractivity contribution in [2.45, 2.75) is 44.3 Å². The average Bonchev–Trinajstić information content (AvgIpc) is 2.59. The molecule has 2 aliphatic rings. The fourth-order valence-corrected chi connectivity index (χ4v) is 4.59. The number of rotatable bonds is 4. The lowest BCUT2D eigenvalue weighted by Crippen LogP contribution is -2.09. The van der Waals surface area contributed by atoms with Gasteiger partial charge in [0.15, 0.2) is 0 Å². The normalized spacial score (nSPS) is 26.8. The highest BCUT2D eigenvalue weighted by atomic mass is 32.2. The van der Waals surface area contributed by atoms with Crippen LogP contribution in [0.25, 0.3) is 0 Å². The molecular weight excluding hydrogens is 321 g/mol. The Hall–Kier alpha value is -1.81. The van der Waals surface area contributed by atoms with Crippen molar-refractivity contribution < 1.29 is 9.50 Å². The van der Waals surface area contributed by atoms with Gasteiger partial charge in [0.2, 0.25) is 0 Å². The molecule has 0 spiro atoms. The number of hydrogen-bond acceptors (Lipinski definition) is 3. The summed E-state index contributed by atoms with van der Waals surface area (Å²) in [5.74, 6) is 0.699. The molecule has 0 atom stereocenters. The molecule has 1 saturated carbocycles. The monoisotopic (exact) mass is 343 g/mol. The summed E-state index contributed by atoms with van der Waals surface area (Å²) >= 11 is 1.71. The Bertz CT molecular complexity index is 733. The van der Waals surface area contributed by atoms with Crippen LogP contribution in [0, 0.1) is 11.2 Å². The van der Waals surface area contributed by atoms with Crippen molar-refractivity contribution in [3.05, 3.63) is 69.1 Å². The minimum Gasteiger partial charge on any atom is -0.508 e. The van der Waals surface area contributed by atoms with Gasteiger partial charge in [-0.05, 0) is 72.3 Å². The fraction of sp³-hybridized carbons (Fsp3) is 0.350. The second-order valence-corrected chi connectivity index (χ2v) is 7.22. The third-order valence-electron chi connectivity index (χ3n) is 4.62. The Balaban J connectivity index is 1.93. The number of allylic oxidation sites excluding steroid dienone is 5. The van der Waals surface area contributed by atoms with Crippen LogP contribution in [0.15, 0.2) is 57.7 Å². The van der Waals surface area contributed by atoms with Gasteiger partial charge >= 0.3 is 0 Å². The van der Waals surface area contributed by atoms with Gasteiger partial charge in [-0.1, -0.05) is 18.2 Å². The van der Waals surface area contributed by atoms with Crippen LogP contribution in [0.3, 0.4) is 0 Å². The van der Waals surface area contributed by atoms with Crippen LogP contribution in [-0.4, -0.2) is 11.3 Å². The quantitative estimate of drug-likeness (QED) is 0.652. The molecule has 126 valence electrons. The molecule has 2 nitrogen and oxygen atoms in total. The Labute approximate surface area is 146 Å². The summed E-state index contributed by atoms with van der Waals surface area (Å²) in [5, 5.41) is 17.9. The van der Waals surface area contributed by atoms with E-state index >= 15 is 0 Å². The zero-order chi connectivity index (χ0) is 16.9. The van der Waals surface area contributed by atoms with Gasteiger partial charge in [0.05, 0.1) is 0 Å². The number of fused-ring (bicyclic) bond motifs is 1. The zero-order valence-corrected chi connectivity index (χ0v) is 14.5. The largest absolute Gasteiger partial charge is 0.508 e. The van der Waals surface area contributed by atoms with E-state index < -0.39 is 0 Å². The van der Waals surface area contributed by atoms with E-state index in [0.29, 0.717) is 11.3 Å². The van der Waals surface area contributed by atoms with Crippen molar-refractivity contribution >= 4 is 18.0 Å². The fourth-order valence-electron chi connectivity index (χ4n) is 3.37. The molecule has 2 N–H and O–H groups in total. The molecule has 0 saturated heterocycles. The van der Waals surface area contributed by atoms with Crippen molar-refractivity contribution in [3.8, 4) is 0 Å². The lowest BCUT2D eigenvalue weighted by molar-refractivity contribution is 0.423. The molecule has 0 aliphatic heterocycles. The van der Waals surface area contributed by atoms with Gasteiger partial charge in [0, 0.05) is 17.5 Å². The summed E-state index contributed by atoms with van der Waals surface area (Å²) < 4.78 is 13.9. The van der Waals surface area contributed by atoms with E-state index in [9.17, 15) is 9.50 Å². The van der Waals surface area contributed by atoms with E-state index in [2.05, 4.69) is 0 Å². The molecule has 3 rings (SSSR count). The van der Waals surface area contributed by atoms with Gasteiger partial charge in [-0.15, -0.1) is 11.8 Å². The van der Waals surface area contributed by atoms with E-state index in [0.717, 1.165) is 49.7 Å². The number of aliphatic hydroxyl groups excluding tert-OH is 1.